The molecule has 5 rings (SSSR count). The molecule has 6 unspecified atom stereocenters. The predicted octanol–water partition coefficient (Wildman–Crippen LogP) is 5.37. The molecule has 0 amide bonds. The zero-order chi connectivity index (χ0) is 17.4. The van der Waals surface area contributed by atoms with Crippen LogP contribution >= 0.6 is 0 Å². The van der Waals surface area contributed by atoms with Crippen molar-refractivity contribution in [2.75, 3.05) is 0 Å². The molecular weight excluding hydrogens is 308 g/mol. The number of rotatable bonds is 2. The SMILES string of the molecule is CC(C)(C)C1CCC(OC(=O)C23C4C=CC(C4)C2C2CCC3C2)CC1. The molecule has 0 aromatic carbocycles. The highest BCUT2D eigenvalue weighted by Crippen LogP contribution is 2.72. The number of esters is 1. The fourth-order valence-corrected chi connectivity index (χ4v) is 7.79. The molecule has 4 fully saturated rings. The second-order valence-electron chi connectivity index (χ2n) is 10.9. The minimum Gasteiger partial charge on any atom is -0.462 e. The van der Waals surface area contributed by atoms with E-state index < -0.39 is 0 Å². The molecule has 5 aliphatic carbocycles. The quantitative estimate of drug-likeness (QED) is 0.383. The fraction of sp³-hybridized carbons (Fsp3) is 0.870. The molecule has 0 spiro atoms. The van der Waals surface area contributed by atoms with Crippen LogP contribution in [-0.4, -0.2) is 12.1 Å². The van der Waals surface area contributed by atoms with Gasteiger partial charge < -0.3 is 4.74 Å². The number of allylic oxidation sites excluding steroid dienone is 2. The van der Waals surface area contributed by atoms with E-state index in [2.05, 4.69) is 32.9 Å². The first-order valence-corrected chi connectivity index (χ1v) is 10.8. The monoisotopic (exact) mass is 342 g/mol. The second-order valence-corrected chi connectivity index (χ2v) is 10.9. The zero-order valence-corrected chi connectivity index (χ0v) is 16.2. The molecule has 6 atom stereocenters. The molecule has 2 heteroatoms. The minimum absolute atomic E-state index is 0.122. The lowest BCUT2D eigenvalue weighted by molar-refractivity contribution is -0.173. The van der Waals surface area contributed by atoms with Crippen molar-refractivity contribution in [2.45, 2.75) is 78.2 Å². The van der Waals surface area contributed by atoms with Crippen LogP contribution in [0.2, 0.25) is 0 Å². The van der Waals surface area contributed by atoms with Crippen LogP contribution in [0.25, 0.3) is 0 Å². The van der Waals surface area contributed by atoms with Gasteiger partial charge in [0.2, 0.25) is 0 Å². The average molecular weight is 343 g/mol. The second kappa shape index (κ2) is 5.36. The summed E-state index contributed by atoms with van der Waals surface area (Å²) in [5, 5.41) is 0. The van der Waals surface area contributed by atoms with Crippen molar-refractivity contribution in [1.82, 2.24) is 0 Å². The molecule has 0 aromatic rings. The third-order valence-corrected chi connectivity index (χ3v) is 8.93. The molecule has 2 nitrogen and oxygen atoms in total. The van der Waals surface area contributed by atoms with E-state index in [0.717, 1.165) is 24.7 Å². The maximum Gasteiger partial charge on any atom is 0.313 e. The van der Waals surface area contributed by atoms with E-state index in [-0.39, 0.29) is 17.5 Å². The van der Waals surface area contributed by atoms with Gasteiger partial charge in [-0.15, -0.1) is 0 Å². The van der Waals surface area contributed by atoms with Crippen molar-refractivity contribution in [3.8, 4) is 0 Å². The Labute approximate surface area is 152 Å². The van der Waals surface area contributed by atoms with Crippen molar-refractivity contribution >= 4 is 5.97 Å². The summed E-state index contributed by atoms with van der Waals surface area (Å²) < 4.78 is 6.27. The van der Waals surface area contributed by atoms with E-state index in [4.69, 9.17) is 4.74 Å². The number of carbonyl (C=O) groups excluding carboxylic acids is 1. The summed E-state index contributed by atoms with van der Waals surface area (Å²) in [7, 11) is 0. The highest BCUT2D eigenvalue weighted by molar-refractivity contribution is 5.81. The van der Waals surface area contributed by atoms with Gasteiger partial charge in [-0.25, -0.2) is 0 Å². The van der Waals surface area contributed by atoms with E-state index in [1.165, 1.54) is 38.5 Å². The number of ether oxygens (including phenoxy) is 1. The lowest BCUT2D eigenvalue weighted by Gasteiger charge is -2.44. The Hall–Kier alpha value is -0.790. The van der Waals surface area contributed by atoms with Gasteiger partial charge in [-0.05, 0) is 92.3 Å². The zero-order valence-electron chi connectivity index (χ0n) is 16.2. The van der Waals surface area contributed by atoms with E-state index in [0.29, 0.717) is 29.1 Å². The third-order valence-electron chi connectivity index (χ3n) is 8.93. The molecule has 4 bridgehead atoms. The molecular formula is C23H34O2. The lowest BCUT2D eigenvalue weighted by atomic mass is 9.61. The molecule has 0 saturated heterocycles. The standard InChI is InChI=1S/C23H34O2/c1-22(2,3)16-8-10-19(11-9-16)25-21(24)23-17-6-4-14(12-17)20(23)15-5-7-18(23)13-15/h4,6,14-20H,5,7-13H2,1-3H3. The van der Waals surface area contributed by atoms with Crippen LogP contribution in [0.15, 0.2) is 12.2 Å². The molecule has 25 heavy (non-hydrogen) atoms. The first kappa shape index (κ1) is 16.4. The molecule has 138 valence electrons. The van der Waals surface area contributed by atoms with Crippen molar-refractivity contribution in [3.05, 3.63) is 12.2 Å². The van der Waals surface area contributed by atoms with Crippen LogP contribution in [0.3, 0.4) is 0 Å². The van der Waals surface area contributed by atoms with E-state index in [9.17, 15) is 4.79 Å². The average Bonchev–Trinajstić information content (AvgIpc) is 3.33. The highest BCUT2D eigenvalue weighted by Gasteiger charge is 2.71. The van der Waals surface area contributed by atoms with Crippen LogP contribution < -0.4 is 0 Å². The first-order chi connectivity index (χ1) is 11.9. The Kier molecular flexibility index (Phi) is 3.51. The van der Waals surface area contributed by atoms with Crippen LogP contribution in [-0.2, 0) is 9.53 Å². The van der Waals surface area contributed by atoms with Gasteiger partial charge >= 0.3 is 5.97 Å². The molecule has 4 saturated carbocycles. The third kappa shape index (κ3) is 2.18. The largest absolute Gasteiger partial charge is 0.462 e. The summed E-state index contributed by atoms with van der Waals surface area (Å²) in [4.78, 5) is 13.5. The van der Waals surface area contributed by atoms with Gasteiger partial charge in [0, 0.05) is 0 Å². The van der Waals surface area contributed by atoms with Crippen LogP contribution in [0.5, 0.6) is 0 Å². The summed E-state index contributed by atoms with van der Waals surface area (Å²) >= 11 is 0. The van der Waals surface area contributed by atoms with Crippen LogP contribution in [0, 0.1) is 46.3 Å². The van der Waals surface area contributed by atoms with Crippen molar-refractivity contribution in [2.24, 2.45) is 46.3 Å². The molecule has 0 aromatic heterocycles. The molecule has 0 N–H and O–H groups in total. The Balaban J connectivity index is 1.31. The predicted molar refractivity (Wildman–Crippen MR) is 98.8 cm³/mol. The Morgan fingerprint density at radius 1 is 1.00 bits per heavy atom. The minimum atomic E-state index is -0.122. The van der Waals surface area contributed by atoms with Crippen LogP contribution in [0.4, 0.5) is 0 Å². The Bertz CT molecular complexity index is 592. The number of hydrogen-bond donors (Lipinski definition) is 0. The van der Waals surface area contributed by atoms with Gasteiger partial charge in [-0.2, -0.15) is 0 Å². The molecule has 0 heterocycles. The summed E-state index contributed by atoms with van der Waals surface area (Å²) in [5.74, 6) is 4.16. The van der Waals surface area contributed by atoms with Gasteiger partial charge in [0.25, 0.3) is 0 Å². The maximum absolute atomic E-state index is 13.5. The Morgan fingerprint density at radius 3 is 2.48 bits per heavy atom. The Morgan fingerprint density at radius 2 is 1.76 bits per heavy atom. The van der Waals surface area contributed by atoms with Crippen molar-refractivity contribution in [1.29, 1.82) is 0 Å². The summed E-state index contributed by atoms with van der Waals surface area (Å²) in [6.07, 6.45) is 14.7. The van der Waals surface area contributed by atoms with E-state index in [1.54, 1.807) is 0 Å². The summed E-state index contributed by atoms with van der Waals surface area (Å²) in [5.41, 5.74) is 0.266. The number of carbonyl (C=O) groups is 1. The fourth-order valence-electron chi connectivity index (χ4n) is 7.79. The lowest BCUT2D eigenvalue weighted by Crippen LogP contribution is -2.48. The topological polar surface area (TPSA) is 26.3 Å². The smallest absolute Gasteiger partial charge is 0.313 e. The molecule has 5 aliphatic rings. The summed E-state index contributed by atoms with van der Waals surface area (Å²) in [6.45, 7) is 7.05. The summed E-state index contributed by atoms with van der Waals surface area (Å²) in [6, 6.07) is 0. The van der Waals surface area contributed by atoms with Crippen molar-refractivity contribution in [3.63, 3.8) is 0 Å². The molecule has 0 aliphatic heterocycles. The highest BCUT2D eigenvalue weighted by atomic mass is 16.5. The van der Waals surface area contributed by atoms with E-state index >= 15 is 0 Å². The van der Waals surface area contributed by atoms with Gasteiger partial charge in [0.1, 0.15) is 6.10 Å². The molecule has 0 radical (unpaired) electrons. The first-order valence-electron chi connectivity index (χ1n) is 10.8. The van der Waals surface area contributed by atoms with Gasteiger partial charge in [-0.1, -0.05) is 32.9 Å². The maximum atomic E-state index is 13.5. The van der Waals surface area contributed by atoms with Gasteiger partial charge in [0.15, 0.2) is 0 Å². The van der Waals surface area contributed by atoms with Crippen LogP contribution in [0.1, 0.15) is 72.1 Å². The number of hydrogen-bond acceptors (Lipinski definition) is 2. The van der Waals surface area contributed by atoms with Gasteiger partial charge in [-0.3, -0.25) is 4.79 Å². The van der Waals surface area contributed by atoms with Crippen molar-refractivity contribution < 1.29 is 9.53 Å². The normalized spacial score (nSPS) is 50.3. The van der Waals surface area contributed by atoms with E-state index in [1.807, 2.05) is 0 Å². The van der Waals surface area contributed by atoms with Gasteiger partial charge in [0.05, 0.1) is 5.41 Å². The number of fused-ring (bicyclic) bond motifs is 9.